The first-order valence-corrected chi connectivity index (χ1v) is 28.1. The molecule has 3 aliphatic carbocycles. The van der Waals surface area contributed by atoms with Gasteiger partial charge in [0.25, 0.3) is 0 Å². The molecule has 0 spiro atoms. The fraction of sp³-hybridized carbons (Fsp3) is 0.510. The standard InChI is InChI=1S/C51H60Cl2N7O10PS/c1-26(2)43(57-38(61)13-7-6-10-14-58-39(62)17-37(72)47(58)65)46(64)55-28(4)45(63)56-33-15-34-41(32-12-9-8-11-31(32)33)29(18-52)21-59(34)48(66)50-23-51(24-50,25-50)49(67)60-22-30(19-53)42-35(60)16-36(70-71(5,68)69)44-40(42)27(3)20-54-44/h8-9,11-12,15-16,20,26,28-30,37,43,54,72H,6-7,10,13-14,17-19,21-25H2,1-5H3,(H,55,64)(H,56,63)(H,57,61)(H,68,69)/t28-,29+,30+,37?,43-,50?,51?/m0/s1. The van der Waals surface area contributed by atoms with Crippen LogP contribution >= 0.6 is 43.4 Å². The highest BCUT2D eigenvalue weighted by atomic mass is 35.5. The van der Waals surface area contributed by atoms with Gasteiger partial charge in [-0.25, -0.2) is 4.57 Å². The van der Waals surface area contributed by atoms with Crippen molar-refractivity contribution in [2.24, 2.45) is 16.7 Å². The monoisotopic (exact) mass is 1060 g/mol. The lowest BCUT2D eigenvalue weighted by Crippen LogP contribution is -2.73. The van der Waals surface area contributed by atoms with Crippen molar-refractivity contribution in [3.05, 3.63) is 59.3 Å². The summed E-state index contributed by atoms with van der Waals surface area (Å²) in [6.07, 6.45) is 4.67. The number of hydrogen-bond acceptors (Lipinski definition) is 10. The Morgan fingerprint density at radius 2 is 1.50 bits per heavy atom. The third kappa shape index (κ3) is 9.17. The zero-order valence-electron chi connectivity index (χ0n) is 40.8. The smallest absolute Gasteiger partial charge is 0.373 e. The van der Waals surface area contributed by atoms with Crippen LogP contribution in [0.25, 0.3) is 21.7 Å². The number of rotatable bonds is 18. The number of nitrogens with zero attached hydrogens (tertiary/aromatic N) is 3. The van der Waals surface area contributed by atoms with E-state index in [-0.39, 0.29) is 84.2 Å². The van der Waals surface area contributed by atoms with Crippen molar-refractivity contribution in [2.75, 3.05) is 53.2 Å². The Morgan fingerprint density at radius 3 is 2.08 bits per heavy atom. The number of anilines is 3. The number of imide groups is 1. The minimum absolute atomic E-state index is 0.0890. The summed E-state index contributed by atoms with van der Waals surface area (Å²) in [5, 5.41) is 10.3. The van der Waals surface area contributed by atoms with E-state index in [9.17, 15) is 43.0 Å². The second kappa shape index (κ2) is 19.6. The van der Waals surface area contributed by atoms with Crippen LogP contribution in [0, 0.1) is 23.7 Å². The molecule has 6 aliphatic rings. The predicted octanol–water partition coefficient (Wildman–Crippen LogP) is 7.23. The van der Waals surface area contributed by atoms with Crippen molar-refractivity contribution >= 4 is 124 Å². The van der Waals surface area contributed by atoms with Gasteiger partial charge in [0.05, 0.1) is 33.0 Å². The molecule has 4 heterocycles. The van der Waals surface area contributed by atoms with E-state index in [0.29, 0.717) is 74.2 Å². The number of hydrogen-bond donors (Lipinski definition) is 6. The number of unbranched alkanes of at least 4 members (excludes halogenated alkanes) is 2. The molecule has 384 valence electrons. The topological polar surface area (TPSA) is 228 Å². The maximum Gasteiger partial charge on any atom is 0.373 e. The lowest BCUT2D eigenvalue weighted by Gasteiger charge is -2.69. The summed E-state index contributed by atoms with van der Waals surface area (Å²) >= 11 is 17.3. The van der Waals surface area contributed by atoms with E-state index < -0.39 is 47.6 Å². The van der Waals surface area contributed by atoms with Crippen LogP contribution < -0.4 is 30.3 Å². The molecule has 10 rings (SSSR count). The molecule has 2 bridgehead atoms. The van der Waals surface area contributed by atoms with E-state index >= 15 is 0 Å². The molecule has 3 saturated carbocycles. The predicted molar refractivity (Wildman–Crippen MR) is 279 cm³/mol. The average Bonchev–Trinajstić information content (AvgIpc) is 4.05. The van der Waals surface area contributed by atoms with Crippen LogP contribution in [0.1, 0.15) is 101 Å². The molecule has 21 heteroatoms. The van der Waals surface area contributed by atoms with Gasteiger partial charge in [0.2, 0.25) is 41.4 Å². The highest BCUT2D eigenvalue weighted by Gasteiger charge is 2.76. The Morgan fingerprint density at radius 1 is 0.889 bits per heavy atom. The van der Waals surface area contributed by atoms with Crippen LogP contribution in [0.5, 0.6) is 5.75 Å². The van der Waals surface area contributed by atoms with Gasteiger partial charge in [-0.15, -0.1) is 23.2 Å². The first kappa shape index (κ1) is 51.8. The lowest BCUT2D eigenvalue weighted by atomic mass is 9.34. The van der Waals surface area contributed by atoms with E-state index in [1.165, 1.54) is 4.90 Å². The second-order valence-electron chi connectivity index (χ2n) is 20.9. The summed E-state index contributed by atoms with van der Waals surface area (Å²) in [7, 11) is -3.97. The molecule has 5 N–H and O–H groups in total. The summed E-state index contributed by atoms with van der Waals surface area (Å²) in [4.78, 5) is 112. The molecule has 0 radical (unpaired) electrons. The SMILES string of the molecule is Cc1c[nH]c2c(OP(C)(=O)O)cc3c(c12)[C@H](CCl)CN3C(=O)C12CC(C(=O)N3C[C@@H](CCl)c4c3cc(NC(=O)[C@H](C)NC(=O)[C@@H](NC(=O)CCCCCN3C(=O)CC(S)C3=O)C(C)C)c3ccccc43)(C1)C2. The van der Waals surface area contributed by atoms with E-state index in [2.05, 4.69) is 33.6 Å². The number of benzene rings is 3. The highest BCUT2D eigenvalue weighted by molar-refractivity contribution is 7.81. The van der Waals surface area contributed by atoms with Crippen LogP contribution in [0.15, 0.2) is 42.6 Å². The molecular weight excluding hydrogens is 1000 g/mol. The highest BCUT2D eigenvalue weighted by Crippen LogP contribution is 2.75. The first-order chi connectivity index (χ1) is 34.1. The Bertz CT molecular complexity index is 2980. The number of likely N-dealkylation sites (tertiary alicyclic amines) is 1. The molecular formula is C51H60Cl2N7O10PS. The van der Waals surface area contributed by atoms with Gasteiger partial charge < -0.3 is 40.2 Å². The molecule has 6 atom stereocenters. The van der Waals surface area contributed by atoms with Crippen LogP contribution in [0.3, 0.4) is 0 Å². The van der Waals surface area contributed by atoms with Crippen molar-refractivity contribution in [1.29, 1.82) is 0 Å². The van der Waals surface area contributed by atoms with Crippen molar-refractivity contribution in [2.45, 2.75) is 108 Å². The fourth-order valence-electron chi connectivity index (χ4n) is 11.8. The molecule has 3 aromatic carbocycles. The molecule has 4 fully saturated rings. The number of thiol groups is 1. The molecule has 72 heavy (non-hydrogen) atoms. The number of carbonyl (C=O) groups is 7. The van der Waals surface area contributed by atoms with Crippen molar-refractivity contribution in [3.8, 4) is 5.75 Å². The number of alkyl halides is 2. The number of halogens is 2. The van der Waals surface area contributed by atoms with Crippen molar-refractivity contribution < 1.29 is 47.5 Å². The summed E-state index contributed by atoms with van der Waals surface area (Å²) in [5.41, 5.74) is 3.26. The Balaban J connectivity index is 0.865. The number of aromatic amines is 1. The third-order valence-electron chi connectivity index (χ3n) is 15.3. The molecule has 17 nitrogen and oxygen atoms in total. The summed E-state index contributed by atoms with van der Waals surface area (Å²) in [6, 6.07) is 9.01. The molecule has 4 aromatic rings. The zero-order chi connectivity index (χ0) is 51.8. The van der Waals surface area contributed by atoms with Gasteiger partial charge in [-0.3, -0.25) is 38.5 Å². The fourth-order valence-corrected chi connectivity index (χ4v) is 13.1. The largest absolute Gasteiger partial charge is 0.422 e. The minimum atomic E-state index is -3.97. The van der Waals surface area contributed by atoms with Crippen LogP contribution in [-0.2, 0) is 38.1 Å². The summed E-state index contributed by atoms with van der Waals surface area (Å²) in [6.45, 7) is 9.06. The average molecular weight is 1070 g/mol. The van der Waals surface area contributed by atoms with Gasteiger partial charge in [-0.1, -0.05) is 44.5 Å². The number of carbonyl (C=O) groups excluding carboxylic acids is 7. The Labute approximate surface area is 432 Å². The maximum absolute atomic E-state index is 14.9. The van der Waals surface area contributed by atoms with Crippen LogP contribution in [0.4, 0.5) is 17.1 Å². The summed E-state index contributed by atoms with van der Waals surface area (Å²) < 4.78 is 18.0. The van der Waals surface area contributed by atoms with Gasteiger partial charge in [0.15, 0.2) is 5.75 Å². The van der Waals surface area contributed by atoms with Crippen LogP contribution in [-0.4, -0.2) is 112 Å². The molecule has 1 saturated heterocycles. The Hall–Kier alpha value is -5.13. The first-order valence-electron chi connectivity index (χ1n) is 24.5. The van der Waals surface area contributed by atoms with Gasteiger partial charge in [0.1, 0.15) is 12.1 Å². The third-order valence-corrected chi connectivity index (χ3v) is 16.9. The molecule has 7 amide bonds. The van der Waals surface area contributed by atoms with Gasteiger partial charge in [-0.2, -0.15) is 12.6 Å². The Kier molecular flexibility index (Phi) is 14.1. The van der Waals surface area contributed by atoms with E-state index in [1.54, 1.807) is 48.9 Å². The second-order valence-corrected chi connectivity index (χ2v) is 23.9. The number of H-pyrrole nitrogens is 1. The van der Waals surface area contributed by atoms with Crippen molar-refractivity contribution in [1.82, 2.24) is 20.5 Å². The van der Waals surface area contributed by atoms with Gasteiger partial charge in [-0.05, 0) is 80.0 Å². The number of amides is 7. The van der Waals surface area contributed by atoms with E-state index in [1.807, 2.05) is 31.2 Å². The quantitative estimate of drug-likeness (QED) is 0.0193. The number of fused-ring (bicyclic) bond motifs is 6. The van der Waals surface area contributed by atoms with E-state index in [0.717, 1.165) is 39.5 Å². The number of aryl methyl sites for hydroxylation is 1. The normalized spacial score (nSPS) is 24.6. The van der Waals surface area contributed by atoms with Crippen LogP contribution in [0.2, 0.25) is 0 Å². The van der Waals surface area contributed by atoms with E-state index in [4.69, 9.17) is 27.7 Å². The van der Waals surface area contributed by atoms with Gasteiger partial charge in [0, 0.05) is 91.5 Å². The minimum Gasteiger partial charge on any atom is -0.422 e. The van der Waals surface area contributed by atoms with Crippen molar-refractivity contribution in [3.63, 3.8) is 0 Å². The maximum atomic E-state index is 14.9. The zero-order valence-corrected chi connectivity index (χ0v) is 44.1. The molecule has 2 unspecified atom stereocenters. The summed E-state index contributed by atoms with van der Waals surface area (Å²) in [5.74, 6) is -2.25. The number of nitrogens with one attached hydrogen (secondary N) is 4. The van der Waals surface area contributed by atoms with Gasteiger partial charge >= 0.3 is 7.60 Å². The molecule has 1 aromatic heterocycles. The molecule has 3 aliphatic heterocycles. The number of aromatic nitrogens is 1. The lowest BCUT2D eigenvalue weighted by molar-refractivity contribution is -0.205.